The monoisotopic (exact) mass is 380 g/mol. The molecule has 1 saturated heterocycles. The van der Waals surface area contributed by atoms with Gasteiger partial charge in [-0.25, -0.2) is 4.79 Å². The first-order valence-electron chi connectivity index (χ1n) is 9.46. The van der Waals surface area contributed by atoms with Gasteiger partial charge in [-0.15, -0.1) is 0 Å². The second kappa shape index (κ2) is 7.61. The molecule has 2 heterocycles. The first kappa shape index (κ1) is 18.5. The molecular weight excluding hydrogens is 356 g/mol. The van der Waals surface area contributed by atoms with E-state index in [2.05, 4.69) is 34.0 Å². The number of nitrogens with one attached hydrogen (secondary N) is 3. The molecule has 0 bridgehead atoms. The summed E-state index contributed by atoms with van der Waals surface area (Å²) < 4.78 is 5.77. The summed E-state index contributed by atoms with van der Waals surface area (Å²) in [6, 6.07) is 12.9. The Labute approximate surface area is 162 Å². The number of aromatic amines is 2. The Bertz CT molecular complexity index is 1030. The average molecular weight is 380 g/mol. The summed E-state index contributed by atoms with van der Waals surface area (Å²) in [7, 11) is 0. The highest BCUT2D eigenvalue weighted by Gasteiger charge is 2.22. The van der Waals surface area contributed by atoms with Crippen LogP contribution in [-0.2, 0) is 11.3 Å². The van der Waals surface area contributed by atoms with Gasteiger partial charge in [0.25, 0.3) is 5.91 Å². The van der Waals surface area contributed by atoms with Crippen molar-refractivity contribution in [2.24, 2.45) is 0 Å². The van der Waals surface area contributed by atoms with E-state index in [1.165, 1.54) is 5.56 Å². The molecule has 2 unspecified atom stereocenters. The fourth-order valence-corrected chi connectivity index (χ4v) is 3.75. The van der Waals surface area contributed by atoms with Crippen molar-refractivity contribution in [1.29, 1.82) is 0 Å². The zero-order valence-corrected chi connectivity index (χ0v) is 16.0. The number of nitrogens with zero attached hydrogens (tertiary/aromatic N) is 1. The number of H-pyrrole nitrogens is 2. The molecule has 4 rings (SSSR count). The third-order valence-electron chi connectivity index (χ3n) is 4.89. The molecule has 0 aliphatic carbocycles. The number of ether oxygens (including phenoxy) is 1. The first-order valence-corrected chi connectivity index (χ1v) is 9.46. The van der Waals surface area contributed by atoms with Crippen LogP contribution in [0.5, 0.6) is 0 Å². The van der Waals surface area contributed by atoms with E-state index in [-0.39, 0.29) is 23.8 Å². The molecule has 0 radical (unpaired) electrons. The van der Waals surface area contributed by atoms with Crippen molar-refractivity contribution < 1.29 is 9.53 Å². The van der Waals surface area contributed by atoms with E-state index in [9.17, 15) is 9.59 Å². The lowest BCUT2D eigenvalue weighted by atomic mass is 10.1. The van der Waals surface area contributed by atoms with Crippen molar-refractivity contribution in [2.75, 3.05) is 18.4 Å². The predicted octanol–water partition coefficient (Wildman–Crippen LogP) is 2.72. The lowest BCUT2D eigenvalue weighted by Crippen LogP contribution is -2.44. The van der Waals surface area contributed by atoms with E-state index < -0.39 is 0 Å². The molecular formula is C21H24N4O3. The zero-order valence-electron chi connectivity index (χ0n) is 16.0. The van der Waals surface area contributed by atoms with Gasteiger partial charge in [0, 0.05) is 30.9 Å². The third kappa shape index (κ3) is 4.16. The summed E-state index contributed by atoms with van der Waals surface area (Å²) in [6.45, 7) is 6.86. The van der Waals surface area contributed by atoms with Crippen molar-refractivity contribution in [2.45, 2.75) is 32.6 Å². The zero-order chi connectivity index (χ0) is 19.7. The van der Waals surface area contributed by atoms with Gasteiger partial charge in [0.05, 0.1) is 23.2 Å². The molecule has 7 nitrogen and oxygen atoms in total. The summed E-state index contributed by atoms with van der Waals surface area (Å²) >= 11 is 0. The van der Waals surface area contributed by atoms with Crippen molar-refractivity contribution in [3.05, 3.63) is 64.1 Å². The van der Waals surface area contributed by atoms with Gasteiger partial charge in [-0.05, 0) is 49.7 Å². The summed E-state index contributed by atoms with van der Waals surface area (Å²) in [4.78, 5) is 31.6. The van der Waals surface area contributed by atoms with Crippen LogP contribution >= 0.6 is 0 Å². The van der Waals surface area contributed by atoms with Crippen LogP contribution in [0.15, 0.2) is 47.3 Å². The van der Waals surface area contributed by atoms with Gasteiger partial charge in [0.1, 0.15) is 0 Å². The second-order valence-corrected chi connectivity index (χ2v) is 7.44. The molecule has 1 aliphatic heterocycles. The number of carbonyl (C=O) groups is 1. The number of aromatic nitrogens is 2. The Morgan fingerprint density at radius 2 is 1.75 bits per heavy atom. The standard InChI is InChI=1S/C21H24N4O3/c1-13-10-25(11-14(2)28-13)12-15-3-5-16(6-4-15)20(26)22-17-7-8-18-19(9-17)24-21(27)23-18/h3-9,13-14H,10-12H2,1-2H3,(H,22,26)(H2,23,24,27). The number of benzene rings is 2. The fraction of sp³-hybridized carbons (Fsp3) is 0.333. The van der Waals surface area contributed by atoms with Crippen LogP contribution in [0.4, 0.5) is 5.69 Å². The van der Waals surface area contributed by atoms with Gasteiger partial charge in [-0.3, -0.25) is 9.69 Å². The Balaban J connectivity index is 1.41. The summed E-state index contributed by atoms with van der Waals surface area (Å²) in [6.07, 6.45) is 0.474. The smallest absolute Gasteiger partial charge is 0.323 e. The Kier molecular flexibility index (Phi) is 5.02. The van der Waals surface area contributed by atoms with Crippen LogP contribution < -0.4 is 11.0 Å². The van der Waals surface area contributed by atoms with Gasteiger partial charge in [0.15, 0.2) is 0 Å². The van der Waals surface area contributed by atoms with Crippen LogP contribution in [-0.4, -0.2) is 46.1 Å². The van der Waals surface area contributed by atoms with Crippen LogP contribution in [0.3, 0.4) is 0 Å². The maximum atomic E-state index is 12.5. The van der Waals surface area contributed by atoms with E-state index >= 15 is 0 Å². The summed E-state index contributed by atoms with van der Waals surface area (Å²) in [5, 5.41) is 2.87. The normalized spacial score (nSPS) is 20.4. The quantitative estimate of drug-likeness (QED) is 0.649. The van der Waals surface area contributed by atoms with Crippen LogP contribution in [0.1, 0.15) is 29.8 Å². The van der Waals surface area contributed by atoms with E-state index in [0.717, 1.165) is 19.6 Å². The molecule has 2 atom stereocenters. The maximum absolute atomic E-state index is 12.5. The molecule has 0 spiro atoms. The molecule has 3 N–H and O–H groups in total. The fourth-order valence-electron chi connectivity index (χ4n) is 3.75. The average Bonchev–Trinajstić information content (AvgIpc) is 3.00. The van der Waals surface area contributed by atoms with E-state index in [1.807, 2.05) is 24.3 Å². The molecule has 2 aromatic carbocycles. The lowest BCUT2D eigenvalue weighted by molar-refractivity contribution is -0.0704. The second-order valence-electron chi connectivity index (χ2n) is 7.44. The van der Waals surface area contributed by atoms with Gasteiger partial charge in [-0.2, -0.15) is 0 Å². The number of fused-ring (bicyclic) bond motifs is 1. The highest BCUT2D eigenvalue weighted by atomic mass is 16.5. The minimum absolute atomic E-state index is 0.183. The number of morpholine rings is 1. The summed E-state index contributed by atoms with van der Waals surface area (Å²) in [5.74, 6) is -0.183. The number of anilines is 1. The molecule has 1 amide bonds. The minimum atomic E-state index is -0.266. The predicted molar refractivity (Wildman–Crippen MR) is 109 cm³/mol. The Hall–Kier alpha value is -2.90. The molecule has 0 saturated carbocycles. The van der Waals surface area contributed by atoms with Gasteiger partial charge >= 0.3 is 5.69 Å². The number of hydrogen-bond donors (Lipinski definition) is 3. The molecule has 1 fully saturated rings. The Morgan fingerprint density at radius 3 is 2.46 bits per heavy atom. The lowest BCUT2D eigenvalue weighted by Gasteiger charge is -2.35. The van der Waals surface area contributed by atoms with Crippen LogP contribution in [0.25, 0.3) is 11.0 Å². The molecule has 1 aliphatic rings. The maximum Gasteiger partial charge on any atom is 0.323 e. The highest BCUT2D eigenvalue weighted by molar-refractivity contribution is 6.04. The van der Waals surface area contributed by atoms with Gasteiger partial charge in [-0.1, -0.05) is 12.1 Å². The molecule has 28 heavy (non-hydrogen) atoms. The van der Waals surface area contributed by atoms with Crippen LogP contribution in [0, 0.1) is 0 Å². The summed E-state index contributed by atoms with van der Waals surface area (Å²) in [5.41, 5.74) is 3.50. The molecule has 7 heteroatoms. The number of hydrogen-bond acceptors (Lipinski definition) is 4. The number of imidazole rings is 1. The SMILES string of the molecule is CC1CN(Cc2ccc(C(=O)Nc3ccc4[nH]c(=O)[nH]c4c3)cc2)CC(C)O1. The largest absolute Gasteiger partial charge is 0.373 e. The minimum Gasteiger partial charge on any atom is -0.373 e. The molecule has 146 valence electrons. The third-order valence-corrected chi connectivity index (χ3v) is 4.89. The van der Waals surface area contributed by atoms with E-state index in [4.69, 9.17) is 4.74 Å². The Morgan fingerprint density at radius 1 is 1.07 bits per heavy atom. The topological polar surface area (TPSA) is 90.2 Å². The molecule has 1 aromatic heterocycles. The van der Waals surface area contributed by atoms with Crippen LogP contribution in [0.2, 0.25) is 0 Å². The number of rotatable bonds is 4. The highest BCUT2D eigenvalue weighted by Crippen LogP contribution is 2.17. The van der Waals surface area contributed by atoms with Crippen molar-refractivity contribution in [3.63, 3.8) is 0 Å². The molecule has 3 aromatic rings. The van der Waals surface area contributed by atoms with Crippen molar-refractivity contribution in [1.82, 2.24) is 14.9 Å². The number of amides is 1. The van der Waals surface area contributed by atoms with Crippen molar-refractivity contribution in [3.8, 4) is 0 Å². The first-order chi connectivity index (χ1) is 13.5. The van der Waals surface area contributed by atoms with E-state index in [1.54, 1.807) is 18.2 Å². The van der Waals surface area contributed by atoms with E-state index in [0.29, 0.717) is 22.3 Å². The van der Waals surface area contributed by atoms with Gasteiger partial charge < -0.3 is 20.0 Å². The van der Waals surface area contributed by atoms with Gasteiger partial charge in [0.2, 0.25) is 0 Å². The number of carbonyl (C=O) groups excluding carboxylic acids is 1. The van der Waals surface area contributed by atoms with Crippen molar-refractivity contribution >= 4 is 22.6 Å².